The van der Waals surface area contributed by atoms with Crippen molar-refractivity contribution in [2.45, 2.75) is 154 Å². The molecule has 0 saturated heterocycles. The molecule has 35 heavy (non-hydrogen) atoms. The standard InChI is InChI=1S/C30H62NO3P/c1-6-8-9-10-11-12-13-14-15-16-17-18-19-20-21-22-23-24-25-26-27-29-34-35(32,33)30(28-7-2)31(3,4)5/h12-13,30H,6-11,14-29H2,1-5H3/p+1/b13-12-. The number of unbranched alkanes of at least 4 members (excludes halogenated alkanes) is 17. The fourth-order valence-electron chi connectivity index (χ4n) is 4.76. The highest BCUT2D eigenvalue weighted by atomic mass is 31.2. The van der Waals surface area contributed by atoms with Gasteiger partial charge in [-0.15, -0.1) is 0 Å². The molecule has 0 amide bonds. The third kappa shape index (κ3) is 21.6. The molecule has 0 aliphatic carbocycles. The molecule has 0 aromatic carbocycles. The Bertz CT molecular complexity index is 530. The van der Waals surface area contributed by atoms with Crippen molar-refractivity contribution >= 4 is 7.60 Å². The van der Waals surface area contributed by atoms with Gasteiger partial charge in [0.1, 0.15) is 0 Å². The zero-order valence-electron chi connectivity index (χ0n) is 24.4. The molecule has 0 heterocycles. The van der Waals surface area contributed by atoms with Crippen LogP contribution in [-0.4, -0.2) is 42.9 Å². The maximum absolute atomic E-state index is 12.7. The third-order valence-electron chi connectivity index (χ3n) is 7.00. The Morgan fingerprint density at radius 3 is 1.46 bits per heavy atom. The zero-order chi connectivity index (χ0) is 26.3. The molecule has 0 spiro atoms. The first kappa shape index (κ1) is 34.9. The summed E-state index contributed by atoms with van der Waals surface area (Å²) in [5.41, 5.74) is 0. The minimum atomic E-state index is -3.57. The summed E-state index contributed by atoms with van der Waals surface area (Å²) < 4.78 is 18.6. The summed E-state index contributed by atoms with van der Waals surface area (Å²) in [5, 5.41) is 0. The lowest BCUT2D eigenvalue weighted by Gasteiger charge is -2.35. The van der Waals surface area contributed by atoms with Crippen LogP contribution < -0.4 is 0 Å². The van der Waals surface area contributed by atoms with E-state index >= 15 is 0 Å². The van der Waals surface area contributed by atoms with Gasteiger partial charge in [0.05, 0.1) is 27.7 Å². The summed E-state index contributed by atoms with van der Waals surface area (Å²) in [4.78, 5) is 10.4. The molecule has 2 unspecified atom stereocenters. The van der Waals surface area contributed by atoms with Crippen molar-refractivity contribution in [1.29, 1.82) is 0 Å². The Morgan fingerprint density at radius 1 is 0.657 bits per heavy atom. The number of nitrogens with zero attached hydrogens (tertiary/aromatic N) is 1. The molecule has 4 nitrogen and oxygen atoms in total. The molecule has 0 fully saturated rings. The zero-order valence-corrected chi connectivity index (χ0v) is 25.3. The molecule has 210 valence electrons. The lowest BCUT2D eigenvalue weighted by molar-refractivity contribution is -0.883. The monoisotopic (exact) mass is 516 g/mol. The van der Waals surface area contributed by atoms with Crippen molar-refractivity contribution in [3.05, 3.63) is 12.2 Å². The molecule has 5 heteroatoms. The minimum Gasteiger partial charge on any atom is -0.320 e. The van der Waals surface area contributed by atoms with Crippen LogP contribution >= 0.6 is 7.60 Å². The smallest absolute Gasteiger partial charge is 0.320 e. The van der Waals surface area contributed by atoms with Gasteiger partial charge in [-0.3, -0.25) is 4.57 Å². The second-order valence-corrected chi connectivity index (χ2v) is 13.5. The number of quaternary nitrogens is 1. The number of allylic oxidation sites excluding steroid dienone is 2. The van der Waals surface area contributed by atoms with Gasteiger partial charge in [0.15, 0.2) is 5.78 Å². The Hall–Kier alpha value is -0.150. The van der Waals surface area contributed by atoms with Crippen molar-refractivity contribution in [1.82, 2.24) is 0 Å². The molecular weight excluding hydrogens is 453 g/mol. The molecule has 0 aromatic rings. The van der Waals surface area contributed by atoms with E-state index in [-0.39, 0.29) is 5.78 Å². The van der Waals surface area contributed by atoms with E-state index in [2.05, 4.69) is 26.0 Å². The van der Waals surface area contributed by atoms with E-state index in [9.17, 15) is 9.46 Å². The van der Waals surface area contributed by atoms with Gasteiger partial charge >= 0.3 is 7.60 Å². The fourth-order valence-corrected chi connectivity index (χ4v) is 6.78. The first-order valence-electron chi connectivity index (χ1n) is 15.2. The van der Waals surface area contributed by atoms with Crippen molar-refractivity contribution in [3.63, 3.8) is 0 Å². The van der Waals surface area contributed by atoms with Crippen LogP contribution in [-0.2, 0) is 9.09 Å². The molecule has 0 rings (SSSR count). The molecule has 0 saturated carbocycles. The first-order chi connectivity index (χ1) is 16.8. The van der Waals surface area contributed by atoms with E-state index in [1.165, 1.54) is 109 Å². The summed E-state index contributed by atoms with van der Waals surface area (Å²) in [6, 6.07) is 0. The van der Waals surface area contributed by atoms with E-state index in [0.29, 0.717) is 17.5 Å². The average Bonchev–Trinajstić information content (AvgIpc) is 2.80. The molecule has 2 atom stereocenters. The highest BCUT2D eigenvalue weighted by Crippen LogP contribution is 2.51. The van der Waals surface area contributed by atoms with Crippen LogP contribution in [0.3, 0.4) is 0 Å². The quantitative estimate of drug-likeness (QED) is 0.0538. The number of hydrogen-bond donors (Lipinski definition) is 1. The summed E-state index contributed by atoms with van der Waals surface area (Å²) in [6.07, 6.45) is 31.3. The van der Waals surface area contributed by atoms with E-state index in [0.717, 1.165) is 19.3 Å². The lowest BCUT2D eigenvalue weighted by Crippen LogP contribution is -2.45. The molecular formula is C30H63NO3P+. The Kier molecular flexibility index (Phi) is 22.9. The predicted octanol–water partition coefficient (Wildman–Crippen LogP) is 10.0. The highest BCUT2D eigenvalue weighted by molar-refractivity contribution is 7.53. The van der Waals surface area contributed by atoms with Crippen molar-refractivity contribution < 1.29 is 18.5 Å². The third-order valence-corrected chi connectivity index (χ3v) is 9.26. The van der Waals surface area contributed by atoms with Crippen LogP contribution in [0.25, 0.3) is 0 Å². The molecule has 0 radical (unpaired) electrons. The number of rotatable bonds is 26. The Balaban J connectivity index is 3.44. The molecule has 1 N–H and O–H groups in total. The second kappa shape index (κ2) is 23.0. The average molecular weight is 517 g/mol. The van der Waals surface area contributed by atoms with Gasteiger partial charge in [0, 0.05) is 6.42 Å². The van der Waals surface area contributed by atoms with Crippen molar-refractivity contribution in [2.24, 2.45) is 0 Å². The van der Waals surface area contributed by atoms with Crippen LogP contribution in [0, 0.1) is 0 Å². The van der Waals surface area contributed by atoms with Gasteiger partial charge in [-0.05, 0) is 38.5 Å². The van der Waals surface area contributed by atoms with Crippen LogP contribution in [0.4, 0.5) is 0 Å². The van der Waals surface area contributed by atoms with Gasteiger partial charge in [0.2, 0.25) is 0 Å². The fraction of sp³-hybridized carbons (Fsp3) is 0.933. The van der Waals surface area contributed by atoms with E-state index in [4.69, 9.17) is 4.52 Å². The Labute approximate surface area is 220 Å². The largest absolute Gasteiger partial charge is 0.385 e. The minimum absolute atomic E-state index is 0.334. The normalized spacial score (nSPS) is 15.0. The molecule has 0 bridgehead atoms. The van der Waals surface area contributed by atoms with Gasteiger partial charge in [-0.2, -0.15) is 0 Å². The van der Waals surface area contributed by atoms with Crippen LogP contribution in [0.2, 0.25) is 0 Å². The molecule has 0 aliphatic rings. The first-order valence-corrected chi connectivity index (χ1v) is 16.8. The van der Waals surface area contributed by atoms with Gasteiger partial charge in [-0.1, -0.05) is 116 Å². The highest BCUT2D eigenvalue weighted by Gasteiger charge is 2.41. The van der Waals surface area contributed by atoms with Gasteiger partial charge < -0.3 is 13.9 Å². The maximum Gasteiger partial charge on any atom is 0.385 e. The van der Waals surface area contributed by atoms with Crippen LogP contribution in [0.1, 0.15) is 149 Å². The number of hydrogen-bond acceptors (Lipinski definition) is 2. The van der Waals surface area contributed by atoms with Crippen LogP contribution in [0.5, 0.6) is 0 Å². The van der Waals surface area contributed by atoms with E-state index < -0.39 is 7.60 Å². The molecule has 0 aromatic heterocycles. The van der Waals surface area contributed by atoms with E-state index in [1.807, 2.05) is 21.1 Å². The van der Waals surface area contributed by atoms with Crippen LogP contribution in [0.15, 0.2) is 12.2 Å². The maximum atomic E-state index is 12.7. The summed E-state index contributed by atoms with van der Waals surface area (Å²) in [7, 11) is 2.36. The SMILES string of the molecule is CCCCCC/C=C\CCCCCCCCCCCCCCCOP(=O)(O)C(CCC)[N+](C)(C)C. The van der Waals surface area contributed by atoms with E-state index in [1.54, 1.807) is 0 Å². The van der Waals surface area contributed by atoms with Crippen molar-refractivity contribution in [3.8, 4) is 0 Å². The lowest BCUT2D eigenvalue weighted by atomic mass is 10.0. The molecule has 0 aliphatic heterocycles. The van der Waals surface area contributed by atoms with Gasteiger partial charge in [-0.25, -0.2) is 0 Å². The second-order valence-electron chi connectivity index (χ2n) is 11.5. The summed E-state index contributed by atoms with van der Waals surface area (Å²) in [6.45, 7) is 4.73. The summed E-state index contributed by atoms with van der Waals surface area (Å²) in [5.74, 6) is -0.334. The topological polar surface area (TPSA) is 46.5 Å². The predicted molar refractivity (Wildman–Crippen MR) is 155 cm³/mol. The summed E-state index contributed by atoms with van der Waals surface area (Å²) >= 11 is 0. The van der Waals surface area contributed by atoms with Crippen molar-refractivity contribution in [2.75, 3.05) is 27.7 Å². The van der Waals surface area contributed by atoms with Gasteiger partial charge in [0.25, 0.3) is 0 Å². The Morgan fingerprint density at radius 2 is 1.06 bits per heavy atom.